The van der Waals surface area contributed by atoms with E-state index in [1.807, 2.05) is 32.3 Å². The number of nitrogens with zero attached hydrogens (tertiary/aromatic N) is 2. The normalized spacial score (nSPS) is 14.2. The number of carbonyl (C=O) groups excluding carboxylic acids is 2. The highest BCUT2D eigenvalue weighted by Gasteiger charge is 2.27. The van der Waals surface area contributed by atoms with Crippen molar-refractivity contribution in [3.63, 3.8) is 0 Å². The highest BCUT2D eigenvalue weighted by atomic mass is 16.5. The number of ether oxygens (including phenoxy) is 1. The third kappa shape index (κ3) is 5.26. The number of nitrogens with one attached hydrogen (secondary N) is 2. The number of carbonyl (C=O) groups is 2. The number of benzene rings is 2. The molecule has 0 unspecified atom stereocenters. The van der Waals surface area contributed by atoms with E-state index in [1.54, 1.807) is 18.2 Å². The van der Waals surface area contributed by atoms with Crippen molar-refractivity contribution in [2.45, 2.75) is 25.9 Å². The fourth-order valence-electron chi connectivity index (χ4n) is 4.32. The van der Waals surface area contributed by atoms with Crippen molar-refractivity contribution in [3.8, 4) is 5.75 Å². The molecular weight excluding hydrogens is 416 g/mol. The maximum absolute atomic E-state index is 12.7. The summed E-state index contributed by atoms with van der Waals surface area (Å²) in [5, 5.41) is 5.51. The summed E-state index contributed by atoms with van der Waals surface area (Å²) in [5.74, 6) is -0.843. The Hall–Kier alpha value is -3.58. The zero-order valence-corrected chi connectivity index (χ0v) is 19.1. The first-order valence-electron chi connectivity index (χ1n) is 11.3. The van der Waals surface area contributed by atoms with Gasteiger partial charge in [0.2, 0.25) is 0 Å². The fraction of sp³-hybridized carbons (Fsp3) is 0.308. The minimum atomic E-state index is -0.711. The summed E-state index contributed by atoms with van der Waals surface area (Å²) in [6.07, 6.45) is 2.96. The van der Waals surface area contributed by atoms with Gasteiger partial charge in [0.1, 0.15) is 5.75 Å². The molecule has 0 spiro atoms. The smallest absolute Gasteiger partial charge is 0.313 e. The largest absolute Gasteiger partial charge is 0.492 e. The number of hydrogen-bond acceptors (Lipinski definition) is 4. The summed E-state index contributed by atoms with van der Waals surface area (Å²) >= 11 is 0. The highest BCUT2D eigenvalue weighted by Crippen LogP contribution is 2.28. The first-order valence-corrected chi connectivity index (χ1v) is 11.3. The number of hydrogen-bond donors (Lipinski definition) is 2. The van der Waals surface area contributed by atoms with E-state index in [0.717, 1.165) is 25.2 Å². The van der Waals surface area contributed by atoms with Gasteiger partial charge in [0.15, 0.2) is 0 Å². The third-order valence-electron chi connectivity index (χ3n) is 6.02. The van der Waals surface area contributed by atoms with Gasteiger partial charge in [0, 0.05) is 38.6 Å². The summed E-state index contributed by atoms with van der Waals surface area (Å²) in [7, 11) is 2.00. The van der Waals surface area contributed by atoms with E-state index < -0.39 is 11.8 Å². The Labute approximate surface area is 194 Å². The van der Waals surface area contributed by atoms with Gasteiger partial charge in [-0.3, -0.25) is 14.5 Å². The Morgan fingerprint density at radius 1 is 1.00 bits per heavy atom. The van der Waals surface area contributed by atoms with Crippen molar-refractivity contribution >= 4 is 17.5 Å². The van der Waals surface area contributed by atoms with Gasteiger partial charge in [0.25, 0.3) is 0 Å². The van der Waals surface area contributed by atoms with E-state index in [-0.39, 0.29) is 6.04 Å². The van der Waals surface area contributed by atoms with Crippen molar-refractivity contribution in [3.05, 3.63) is 83.7 Å². The highest BCUT2D eigenvalue weighted by molar-refractivity contribution is 6.39. The molecule has 2 aromatic carbocycles. The van der Waals surface area contributed by atoms with Gasteiger partial charge in [-0.2, -0.15) is 0 Å². The maximum atomic E-state index is 12.7. The van der Waals surface area contributed by atoms with Crippen LogP contribution in [0, 0.1) is 0 Å². The van der Waals surface area contributed by atoms with Gasteiger partial charge in [-0.05, 0) is 48.7 Å². The third-order valence-corrected chi connectivity index (χ3v) is 6.02. The van der Waals surface area contributed by atoms with Gasteiger partial charge in [-0.1, -0.05) is 36.4 Å². The number of aromatic nitrogens is 1. The van der Waals surface area contributed by atoms with Crippen molar-refractivity contribution in [1.29, 1.82) is 0 Å². The standard InChI is InChI=1S/C26H30N4O3/c1-3-33-24-13-7-6-11-21(24)28-26(32)25(31)27-17-23(22-12-8-15-29(22)2)30-16-14-19-9-4-5-10-20(19)18-30/h4-13,15,23H,3,14,16-18H2,1-2H3,(H,27,31)(H,28,32)/t23-/m1/s1. The van der Waals surface area contributed by atoms with Crippen LogP contribution in [0.5, 0.6) is 5.75 Å². The number of anilines is 1. The molecule has 2 heterocycles. The molecule has 0 radical (unpaired) electrons. The maximum Gasteiger partial charge on any atom is 0.313 e. The number of para-hydroxylation sites is 2. The van der Waals surface area contributed by atoms with Crippen LogP contribution in [0.3, 0.4) is 0 Å². The van der Waals surface area contributed by atoms with Crippen LogP contribution in [0.1, 0.15) is 29.8 Å². The predicted molar refractivity (Wildman–Crippen MR) is 128 cm³/mol. The number of amides is 2. The van der Waals surface area contributed by atoms with Gasteiger partial charge in [-0.25, -0.2) is 0 Å². The Morgan fingerprint density at radius 3 is 2.52 bits per heavy atom. The quantitative estimate of drug-likeness (QED) is 0.546. The lowest BCUT2D eigenvalue weighted by Gasteiger charge is -2.36. The van der Waals surface area contributed by atoms with E-state index in [4.69, 9.17) is 4.74 Å². The SMILES string of the molecule is CCOc1ccccc1NC(=O)C(=O)NC[C@H](c1cccn1C)N1CCc2ccccc2C1. The molecule has 172 valence electrons. The van der Waals surface area contributed by atoms with Gasteiger partial charge in [-0.15, -0.1) is 0 Å². The van der Waals surface area contributed by atoms with Crippen LogP contribution < -0.4 is 15.4 Å². The second-order valence-electron chi connectivity index (χ2n) is 8.14. The Bertz CT molecular complexity index is 1120. The number of fused-ring (bicyclic) bond motifs is 1. The monoisotopic (exact) mass is 446 g/mol. The summed E-state index contributed by atoms with van der Waals surface area (Å²) in [6, 6.07) is 19.6. The second-order valence-corrected chi connectivity index (χ2v) is 8.14. The van der Waals surface area contributed by atoms with Crippen molar-refractivity contribution in [2.75, 3.05) is 25.0 Å². The lowest BCUT2D eigenvalue weighted by molar-refractivity contribution is -0.136. The minimum absolute atomic E-state index is 0.0502. The van der Waals surface area contributed by atoms with Crippen molar-refractivity contribution in [2.24, 2.45) is 7.05 Å². The van der Waals surface area contributed by atoms with Gasteiger partial charge < -0.3 is 19.9 Å². The van der Waals surface area contributed by atoms with E-state index >= 15 is 0 Å². The molecule has 33 heavy (non-hydrogen) atoms. The summed E-state index contributed by atoms with van der Waals surface area (Å²) in [6.45, 7) is 4.36. The molecular formula is C26H30N4O3. The van der Waals surface area contributed by atoms with Crippen molar-refractivity contribution < 1.29 is 14.3 Å². The van der Waals surface area contributed by atoms with E-state index in [0.29, 0.717) is 24.6 Å². The summed E-state index contributed by atoms with van der Waals surface area (Å²) < 4.78 is 7.60. The van der Waals surface area contributed by atoms with E-state index in [1.165, 1.54) is 11.1 Å². The predicted octanol–water partition coefficient (Wildman–Crippen LogP) is 3.28. The summed E-state index contributed by atoms with van der Waals surface area (Å²) in [4.78, 5) is 27.6. The molecule has 2 N–H and O–H groups in total. The molecule has 1 aromatic heterocycles. The lowest BCUT2D eigenvalue weighted by Crippen LogP contribution is -2.44. The van der Waals surface area contributed by atoms with Crippen LogP contribution >= 0.6 is 0 Å². The van der Waals surface area contributed by atoms with Crippen molar-refractivity contribution in [1.82, 2.24) is 14.8 Å². The van der Waals surface area contributed by atoms with Crippen LogP contribution in [0.15, 0.2) is 66.9 Å². The lowest BCUT2D eigenvalue weighted by atomic mass is 9.98. The molecule has 4 rings (SSSR count). The van der Waals surface area contributed by atoms with Gasteiger partial charge >= 0.3 is 11.8 Å². The molecule has 0 aliphatic carbocycles. The summed E-state index contributed by atoms with van der Waals surface area (Å²) in [5.41, 5.74) is 4.25. The van der Waals surface area contributed by atoms with Crippen LogP contribution in [-0.4, -0.2) is 41.0 Å². The molecule has 1 atom stereocenters. The molecule has 0 saturated heterocycles. The zero-order valence-electron chi connectivity index (χ0n) is 19.1. The molecule has 0 bridgehead atoms. The second kappa shape index (κ2) is 10.4. The minimum Gasteiger partial charge on any atom is -0.492 e. The van der Waals surface area contributed by atoms with E-state index in [2.05, 4.69) is 50.4 Å². The average Bonchev–Trinajstić information content (AvgIpc) is 3.26. The molecule has 2 amide bonds. The Balaban J connectivity index is 1.45. The molecule has 1 aliphatic rings. The van der Waals surface area contributed by atoms with Crippen LogP contribution in [-0.2, 0) is 29.6 Å². The van der Waals surface area contributed by atoms with Gasteiger partial charge in [0.05, 0.1) is 18.3 Å². The first-order chi connectivity index (χ1) is 16.1. The molecule has 1 aliphatic heterocycles. The Kier molecular flexibility index (Phi) is 7.10. The molecule has 7 nitrogen and oxygen atoms in total. The van der Waals surface area contributed by atoms with Crippen LogP contribution in [0.25, 0.3) is 0 Å². The number of aryl methyl sites for hydroxylation is 1. The average molecular weight is 447 g/mol. The number of rotatable bonds is 7. The molecule has 3 aromatic rings. The topological polar surface area (TPSA) is 75.6 Å². The van der Waals surface area contributed by atoms with Crippen LogP contribution in [0.4, 0.5) is 5.69 Å². The molecule has 7 heteroatoms. The van der Waals surface area contributed by atoms with Crippen LogP contribution in [0.2, 0.25) is 0 Å². The molecule has 0 saturated carbocycles. The first kappa shape index (κ1) is 22.6. The Morgan fingerprint density at radius 2 is 1.76 bits per heavy atom. The zero-order chi connectivity index (χ0) is 23.2. The van der Waals surface area contributed by atoms with E-state index in [9.17, 15) is 9.59 Å². The molecule has 0 fully saturated rings. The fourth-order valence-corrected chi connectivity index (χ4v) is 4.32.